The third-order valence-corrected chi connectivity index (χ3v) is 8.42. The Morgan fingerprint density at radius 1 is 1.00 bits per heavy atom. The minimum absolute atomic E-state index is 0.0630. The zero-order valence-electron chi connectivity index (χ0n) is 18.1. The van der Waals surface area contributed by atoms with Crippen LogP contribution in [0.1, 0.15) is 35.6 Å². The maximum absolute atomic E-state index is 13.1. The number of carbonyl (C=O) groups excluding carboxylic acids is 2. The van der Waals surface area contributed by atoms with Gasteiger partial charge >= 0.3 is 12.4 Å². The minimum Gasteiger partial charge on any atom is -0.369 e. The molecule has 1 fully saturated rings. The third-order valence-electron chi connectivity index (χ3n) is 6.16. The third kappa shape index (κ3) is 4.21. The quantitative estimate of drug-likeness (QED) is 0.434. The average Bonchev–Trinajstić information content (AvgIpc) is 3.58. The van der Waals surface area contributed by atoms with Crippen LogP contribution >= 0.6 is 0 Å². The highest BCUT2D eigenvalue weighted by Crippen LogP contribution is 2.50. The molecule has 2 aromatic carbocycles. The number of sulfone groups is 1. The summed E-state index contributed by atoms with van der Waals surface area (Å²) in [6, 6.07) is 5.16. The fourth-order valence-corrected chi connectivity index (χ4v) is 5.79. The Labute approximate surface area is 200 Å². The molecule has 2 aliphatic rings. The van der Waals surface area contributed by atoms with Crippen LogP contribution in [0.3, 0.4) is 0 Å². The molecule has 1 aliphatic heterocycles. The first-order valence-electron chi connectivity index (χ1n) is 10.5. The number of rotatable bonds is 6. The molecule has 2 N–H and O–H groups in total. The van der Waals surface area contributed by atoms with Crippen LogP contribution in [0, 0.1) is 0 Å². The molecule has 0 bridgehead atoms. The number of nitrogens with one attached hydrogen (secondary N) is 1. The van der Waals surface area contributed by atoms with Gasteiger partial charge in [-0.25, -0.2) is 8.42 Å². The Morgan fingerprint density at radius 3 is 2.08 bits per heavy atom. The second-order valence-corrected chi connectivity index (χ2v) is 10.8. The molecule has 0 aromatic heterocycles. The van der Waals surface area contributed by atoms with Gasteiger partial charge < -0.3 is 15.3 Å². The van der Waals surface area contributed by atoms with Crippen molar-refractivity contribution in [2.75, 3.05) is 5.32 Å². The molecular formula is C22H18F6N2O5S. The van der Waals surface area contributed by atoms with Crippen molar-refractivity contribution in [3.63, 3.8) is 0 Å². The first-order valence-corrected chi connectivity index (χ1v) is 12.0. The molecule has 1 unspecified atom stereocenters. The van der Waals surface area contributed by atoms with E-state index in [-0.39, 0.29) is 17.1 Å². The molecule has 0 spiro atoms. The smallest absolute Gasteiger partial charge is 0.369 e. The molecule has 1 saturated carbocycles. The van der Waals surface area contributed by atoms with Crippen molar-refractivity contribution in [1.82, 2.24) is 4.90 Å². The maximum Gasteiger partial charge on any atom is 0.430 e. The number of anilines is 1. The number of alkyl halides is 6. The van der Waals surface area contributed by atoms with E-state index in [2.05, 4.69) is 5.32 Å². The van der Waals surface area contributed by atoms with Gasteiger partial charge in [0, 0.05) is 17.8 Å². The number of amides is 2. The Balaban J connectivity index is 1.58. The summed E-state index contributed by atoms with van der Waals surface area (Å²) in [5, 5.41) is 11.3. The van der Waals surface area contributed by atoms with E-state index in [1.165, 1.54) is 18.2 Å². The van der Waals surface area contributed by atoms with Gasteiger partial charge in [-0.1, -0.05) is 18.2 Å². The lowest BCUT2D eigenvalue weighted by Crippen LogP contribution is -2.53. The average molecular weight is 536 g/mol. The topological polar surface area (TPSA) is 104 Å². The number of aliphatic hydroxyl groups is 1. The normalized spacial score (nSPS) is 18.6. The minimum atomic E-state index is -6.06. The highest BCUT2D eigenvalue weighted by atomic mass is 32.2. The number of carbonyl (C=O) groups is 2. The van der Waals surface area contributed by atoms with E-state index in [9.17, 15) is 49.5 Å². The number of hydrogen-bond acceptors (Lipinski definition) is 5. The largest absolute Gasteiger partial charge is 0.430 e. The maximum atomic E-state index is 13.1. The van der Waals surface area contributed by atoms with E-state index in [0.717, 1.165) is 17.0 Å². The lowest BCUT2D eigenvalue weighted by molar-refractivity contribution is -0.376. The van der Waals surface area contributed by atoms with Crippen molar-refractivity contribution < 1.29 is 49.5 Å². The fraction of sp³-hybridized carbons (Fsp3) is 0.364. The summed E-state index contributed by atoms with van der Waals surface area (Å²) in [4.78, 5) is 25.6. The van der Waals surface area contributed by atoms with Gasteiger partial charge in [0.1, 0.15) is 6.04 Å². The lowest BCUT2D eigenvalue weighted by atomic mass is 9.92. The Hall–Kier alpha value is -3.13. The van der Waals surface area contributed by atoms with Gasteiger partial charge in [-0.15, -0.1) is 0 Å². The first-order chi connectivity index (χ1) is 16.6. The van der Waals surface area contributed by atoms with E-state index in [4.69, 9.17) is 0 Å². The summed E-state index contributed by atoms with van der Waals surface area (Å²) < 4.78 is 103. The molecule has 1 heterocycles. The van der Waals surface area contributed by atoms with Gasteiger partial charge in [0.2, 0.25) is 6.41 Å². The summed E-state index contributed by atoms with van der Waals surface area (Å²) in [6.45, 7) is -0.0753. The molecule has 1 atom stereocenters. The molecule has 4 rings (SSSR count). The number of benzene rings is 2. The van der Waals surface area contributed by atoms with Crippen molar-refractivity contribution in [2.45, 2.75) is 53.5 Å². The molecule has 2 aromatic rings. The zero-order valence-corrected chi connectivity index (χ0v) is 18.9. The van der Waals surface area contributed by atoms with Crippen molar-refractivity contribution >= 4 is 27.8 Å². The van der Waals surface area contributed by atoms with Gasteiger partial charge in [0.25, 0.3) is 11.5 Å². The summed E-state index contributed by atoms with van der Waals surface area (Å²) in [7, 11) is -3.52. The van der Waals surface area contributed by atoms with Crippen LogP contribution in [0.4, 0.5) is 32.0 Å². The van der Waals surface area contributed by atoms with Crippen molar-refractivity contribution in [3.05, 3.63) is 59.2 Å². The van der Waals surface area contributed by atoms with Crippen LogP contribution < -0.4 is 5.32 Å². The highest BCUT2D eigenvalue weighted by molar-refractivity contribution is 7.92. The second kappa shape index (κ2) is 8.47. The van der Waals surface area contributed by atoms with Gasteiger partial charge in [0.05, 0.1) is 10.1 Å². The fourth-order valence-electron chi connectivity index (χ4n) is 4.08. The predicted molar refractivity (Wildman–Crippen MR) is 112 cm³/mol. The molecule has 194 valence electrons. The van der Waals surface area contributed by atoms with Gasteiger partial charge in [-0.05, 0) is 48.2 Å². The van der Waals surface area contributed by atoms with Gasteiger partial charge in [-0.3, -0.25) is 9.59 Å². The summed E-state index contributed by atoms with van der Waals surface area (Å²) in [5.74, 6) is -0.826. The van der Waals surface area contributed by atoms with Crippen LogP contribution in [0.5, 0.6) is 0 Å². The Morgan fingerprint density at radius 2 is 1.58 bits per heavy atom. The van der Waals surface area contributed by atoms with E-state index >= 15 is 0 Å². The number of hydrogen-bond donors (Lipinski definition) is 2. The van der Waals surface area contributed by atoms with Crippen molar-refractivity contribution in [3.8, 4) is 0 Å². The standard InChI is InChI=1S/C22H18F6N2O5S/c23-21(24,25)20(33,22(26,27)28)13-1-3-14(4-2-13)29-19(32)18-17-8-7-16(36(34,35)15-5-6-15)9-12(17)10-30(18)11-31/h1-4,7-9,11,15,18,33H,5-6,10H2,(H,29,32). The van der Waals surface area contributed by atoms with Gasteiger partial charge in [-0.2, -0.15) is 26.3 Å². The van der Waals surface area contributed by atoms with E-state index in [1.54, 1.807) is 0 Å². The van der Waals surface area contributed by atoms with E-state index in [1.807, 2.05) is 0 Å². The predicted octanol–water partition coefficient (Wildman–Crippen LogP) is 3.59. The van der Waals surface area contributed by atoms with Gasteiger partial charge in [0.15, 0.2) is 9.84 Å². The molecule has 7 nitrogen and oxygen atoms in total. The monoisotopic (exact) mass is 536 g/mol. The van der Waals surface area contributed by atoms with Crippen molar-refractivity contribution in [1.29, 1.82) is 0 Å². The summed E-state index contributed by atoms with van der Waals surface area (Å²) >= 11 is 0. The molecular weight excluding hydrogens is 518 g/mol. The van der Waals surface area contributed by atoms with Crippen LogP contribution in [0.25, 0.3) is 0 Å². The van der Waals surface area contributed by atoms with E-state index in [0.29, 0.717) is 42.5 Å². The molecule has 36 heavy (non-hydrogen) atoms. The lowest BCUT2D eigenvalue weighted by Gasteiger charge is -2.32. The van der Waals surface area contributed by atoms with Crippen LogP contribution in [0.2, 0.25) is 0 Å². The molecule has 1 aliphatic carbocycles. The summed E-state index contributed by atoms with van der Waals surface area (Å²) in [6.07, 6.45) is -10.6. The summed E-state index contributed by atoms with van der Waals surface area (Å²) in [5.41, 5.74) is -6.05. The van der Waals surface area contributed by atoms with E-state index < -0.39 is 50.6 Å². The zero-order chi connectivity index (χ0) is 26.7. The SMILES string of the molecule is O=CN1Cc2cc(S(=O)(=O)C3CC3)ccc2C1C(=O)Nc1ccc(C(O)(C(F)(F)F)C(F)(F)F)cc1. The Bertz CT molecular complexity index is 1290. The second-order valence-electron chi connectivity index (χ2n) is 8.56. The van der Waals surface area contributed by atoms with Crippen LogP contribution in [-0.2, 0) is 31.6 Å². The number of fused-ring (bicyclic) bond motifs is 1. The number of nitrogens with zero attached hydrogens (tertiary/aromatic N) is 1. The first kappa shape index (κ1) is 25.9. The highest BCUT2D eigenvalue weighted by Gasteiger charge is 2.71. The van der Waals surface area contributed by atoms with Crippen molar-refractivity contribution in [2.24, 2.45) is 0 Å². The molecule has 0 saturated heterocycles. The molecule has 2 amide bonds. The molecule has 14 heteroatoms. The number of halogens is 6. The Kier molecular flexibility index (Phi) is 6.11. The van der Waals surface area contributed by atoms with Crippen LogP contribution in [0.15, 0.2) is 47.4 Å². The van der Waals surface area contributed by atoms with Crippen LogP contribution in [-0.4, -0.2) is 48.3 Å². The molecule has 0 radical (unpaired) electrons.